The number of hydrogen-bond donors (Lipinski definition) is 1. The second kappa shape index (κ2) is 5.92. The van der Waals surface area contributed by atoms with Gasteiger partial charge in [0.15, 0.2) is 0 Å². The van der Waals surface area contributed by atoms with Crippen LogP contribution in [0.3, 0.4) is 0 Å². The summed E-state index contributed by atoms with van der Waals surface area (Å²) in [5.74, 6) is -3.08. The van der Waals surface area contributed by atoms with Gasteiger partial charge in [-0.1, -0.05) is 5.16 Å². The Labute approximate surface area is 121 Å². The predicted octanol–water partition coefficient (Wildman–Crippen LogP) is 1.36. The molecule has 0 spiro atoms. The number of halogens is 3. The van der Waals surface area contributed by atoms with E-state index in [2.05, 4.69) is 25.0 Å². The van der Waals surface area contributed by atoms with Gasteiger partial charge >= 0.3 is 12.1 Å². The highest BCUT2D eigenvalue weighted by atomic mass is 19.4. The molecule has 0 unspecified atom stereocenters. The van der Waals surface area contributed by atoms with E-state index in [9.17, 15) is 22.8 Å². The molecule has 0 atom stereocenters. The molecular weight excluding hydrogens is 305 g/mol. The lowest BCUT2D eigenvalue weighted by atomic mass is 10.2. The summed E-state index contributed by atoms with van der Waals surface area (Å²) in [4.78, 5) is 29.0. The Hall–Kier alpha value is -2.78. The van der Waals surface area contributed by atoms with Crippen molar-refractivity contribution in [1.82, 2.24) is 20.4 Å². The Kier molecular flexibility index (Phi) is 4.20. The maximum absolute atomic E-state index is 12.3. The van der Waals surface area contributed by atoms with Crippen LogP contribution in [0.1, 0.15) is 18.5 Å². The van der Waals surface area contributed by atoms with Crippen molar-refractivity contribution < 1.29 is 27.3 Å². The molecule has 0 fully saturated rings. The SMILES string of the molecule is CC(=O)C(=O)NCc1ccc(-c2noc(C(F)(F)F)n2)cn1. The van der Waals surface area contributed by atoms with E-state index in [1.165, 1.54) is 18.3 Å². The summed E-state index contributed by atoms with van der Waals surface area (Å²) in [5, 5.41) is 5.55. The summed E-state index contributed by atoms with van der Waals surface area (Å²) >= 11 is 0. The summed E-state index contributed by atoms with van der Waals surface area (Å²) in [5.41, 5.74) is 0.638. The molecule has 2 aromatic heterocycles. The molecule has 0 bridgehead atoms. The fraction of sp³-hybridized carbons (Fsp3) is 0.250. The highest BCUT2D eigenvalue weighted by Crippen LogP contribution is 2.29. The number of nitrogens with zero attached hydrogens (tertiary/aromatic N) is 3. The first kappa shape index (κ1) is 15.6. The minimum atomic E-state index is -4.71. The number of hydrogen-bond acceptors (Lipinski definition) is 6. The third-order valence-corrected chi connectivity index (χ3v) is 2.50. The van der Waals surface area contributed by atoms with Crippen LogP contribution in [0.5, 0.6) is 0 Å². The van der Waals surface area contributed by atoms with Crippen molar-refractivity contribution in [2.45, 2.75) is 19.6 Å². The van der Waals surface area contributed by atoms with Crippen molar-refractivity contribution in [3.8, 4) is 11.4 Å². The molecule has 10 heteroatoms. The number of aromatic nitrogens is 3. The molecule has 0 aliphatic rings. The van der Waals surface area contributed by atoms with Crippen LogP contribution in [0.2, 0.25) is 0 Å². The fourth-order valence-electron chi connectivity index (χ4n) is 1.41. The third-order valence-electron chi connectivity index (χ3n) is 2.50. The Morgan fingerprint density at radius 1 is 1.32 bits per heavy atom. The summed E-state index contributed by atoms with van der Waals surface area (Å²) in [6.07, 6.45) is -3.48. The first-order chi connectivity index (χ1) is 10.3. The van der Waals surface area contributed by atoms with E-state index in [0.29, 0.717) is 5.69 Å². The molecule has 1 N–H and O–H groups in total. The lowest BCUT2D eigenvalue weighted by Crippen LogP contribution is -2.28. The summed E-state index contributed by atoms with van der Waals surface area (Å²) < 4.78 is 41.1. The summed E-state index contributed by atoms with van der Waals surface area (Å²) in [6, 6.07) is 2.88. The van der Waals surface area contributed by atoms with Gasteiger partial charge in [0.2, 0.25) is 11.6 Å². The highest BCUT2D eigenvalue weighted by Gasteiger charge is 2.38. The average Bonchev–Trinajstić information content (AvgIpc) is 2.95. The predicted molar refractivity (Wildman–Crippen MR) is 65.1 cm³/mol. The zero-order chi connectivity index (χ0) is 16.3. The Balaban J connectivity index is 2.07. The smallest absolute Gasteiger partial charge is 0.344 e. The first-order valence-electron chi connectivity index (χ1n) is 5.92. The molecule has 116 valence electrons. The number of nitrogens with one attached hydrogen (secondary N) is 1. The van der Waals surface area contributed by atoms with Gasteiger partial charge in [-0.25, -0.2) is 0 Å². The Morgan fingerprint density at radius 2 is 2.05 bits per heavy atom. The molecule has 2 heterocycles. The first-order valence-corrected chi connectivity index (χ1v) is 5.92. The molecule has 0 aliphatic heterocycles. The van der Waals surface area contributed by atoms with Crippen LogP contribution >= 0.6 is 0 Å². The van der Waals surface area contributed by atoms with Gasteiger partial charge in [0.25, 0.3) is 5.91 Å². The molecule has 2 rings (SSSR count). The van der Waals surface area contributed by atoms with E-state index in [4.69, 9.17) is 0 Å². The molecule has 0 saturated heterocycles. The van der Waals surface area contributed by atoms with Crippen LogP contribution in [-0.4, -0.2) is 26.8 Å². The average molecular weight is 314 g/mol. The fourth-order valence-corrected chi connectivity index (χ4v) is 1.41. The molecule has 7 nitrogen and oxygen atoms in total. The molecule has 0 aliphatic carbocycles. The second-order valence-electron chi connectivity index (χ2n) is 4.20. The largest absolute Gasteiger partial charge is 0.471 e. The molecule has 0 aromatic carbocycles. The van der Waals surface area contributed by atoms with E-state index < -0.39 is 23.8 Å². The van der Waals surface area contributed by atoms with Crippen LogP contribution in [-0.2, 0) is 22.3 Å². The van der Waals surface area contributed by atoms with Crippen molar-refractivity contribution >= 4 is 11.7 Å². The Morgan fingerprint density at radius 3 is 2.55 bits per heavy atom. The normalized spacial score (nSPS) is 11.3. The minimum absolute atomic E-state index is 0.0126. The van der Waals surface area contributed by atoms with Gasteiger partial charge in [0, 0.05) is 18.7 Å². The van der Waals surface area contributed by atoms with Crippen LogP contribution < -0.4 is 5.32 Å². The molecule has 1 amide bonds. The third kappa shape index (κ3) is 3.65. The molecule has 0 radical (unpaired) electrons. The number of pyridine rings is 1. The van der Waals surface area contributed by atoms with Gasteiger partial charge < -0.3 is 9.84 Å². The number of rotatable bonds is 4. The highest BCUT2D eigenvalue weighted by molar-refractivity contribution is 6.35. The van der Waals surface area contributed by atoms with Crippen molar-refractivity contribution in [2.24, 2.45) is 0 Å². The number of ketones is 1. The maximum atomic E-state index is 12.3. The molecule has 0 saturated carbocycles. The van der Waals surface area contributed by atoms with Crippen LogP contribution in [0.25, 0.3) is 11.4 Å². The topological polar surface area (TPSA) is 98.0 Å². The number of alkyl halides is 3. The van der Waals surface area contributed by atoms with Gasteiger partial charge in [-0.05, 0) is 12.1 Å². The molecule has 22 heavy (non-hydrogen) atoms. The van der Waals surface area contributed by atoms with Gasteiger partial charge in [-0.3, -0.25) is 14.6 Å². The number of carbonyl (C=O) groups excluding carboxylic acids is 2. The lowest BCUT2D eigenvalue weighted by Gasteiger charge is -2.02. The van der Waals surface area contributed by atoms with Crippen LogP contribution in [0.4, 0.5) is 13.2 Å². The van der Waals surface area contributed by atoms with Gasteiger partial charge in [0.05, 0.1) is 12.2 Å². The number of Topliss-reactive ketones (excluding diaryl/α,β-unsaturated/α-hetero) is 1. The van der Waals surface area contributed by atoms with Crippen molar-refractivity contribution in [2.75, 3.05) is 0 Å². The number of amides is 1. The summed E-state index contributed by atoms with van der Waals surface area (Å²) in [6.45, 7) is 1.14. The zero-order valence-corrected chi connectivity index (χ0v) is 11.1. The van der Waals surface area contributed by atoms with E-state index in [1.807, 2.05) is 0 Å². The summed E-state index contributed by atoms with van der Waals surface area (Å²) in [7, 11) is 0. The molecular formula is C12H9F3N4O3. The molecule has 2 aromatic rings. The van der Waals surface area contributed by atoms with Crippen LogP contribution in [0, 0.1) is 0 Å². The quantitative estimate of drug-likeness (QED) is 0.856. The van der Waals surface area contributed by atoms with Crippen molar-refractivity contribution in [1.29, 1.82) is 0 Å². The van der Waals surface area contributed by atoms with E-state index in [0.717, 1.165) is 6.92 Å². The second-order valence-corrected chi connectivity index (χ2v) is 4.20. The lowest BCUT2D eigenvalue weighted by molar-refractivity contribution is -0.159. The standard InChI is InChI=1S/C12H9F3N4O3/c1-6(20)10(21)17-5-8-3-2-7(4-16-8)9-18-11(22-19-9)12(13,14)15/h2-4H,5H2,1H3,(H,17,21). The number of carbonyl (C=O) groups is 2. The van der Waals surface area contributed by atoms with Gasteiger partial charge in [0.1, 0.15) is 0 Å². The maximum Gasteiger partial charge on any atom is 0.471 e. The van der Waals surface area contributed by atoms with E-state index in [1.54, 1.807) is 0 Å². The van der Waals surface area contributed by atoms with Crippen molar-refractivity contribution in [3.63, 3.8) is 0 Å². The van der Waals surface area contributed by atoms with E-state index >= 15 is 0 Å². The Bertz CT molecular complexity index is 694. The van der Waals surface area contributed by atoms with Crippen LogP contribution in [0.15, 0.2) is 22.9 Å². The van der Waals surface area contributed by atoms with Gasteiger partial charge in [-0.2, -0.15) is 18.2 Å². The zero-order valence-electron chi connectivity index (χ0n) is 11.1. The van der Waals surface area contributed by atoms with Crippen molar-refractivity contribution in [3.05, 3.63) is 29.9 Å². The van der Waals surface area contributed by atoms with E-state index in [-0.39, 0.29) is 17.9 Å². The van der Waals surface area contributed by atoms with Gasteiger partial charge in [-0.15, -0.1) is 0 Å². The monoisotopic (exact) mass is 314 g/mol. The minimum Gasteiger partial charge on any atom is -0.344 e.